The number of primary amides is 1. The lowest BCUT2D eigenvalue weighted by Crippen LogP contribution is -2.43. The van der Waals surface area contributed by atoms with Crippen LogP contribution in [0, 0.1) is 5.92 Å². The van der Waals surface area contributed by atoms with Crippen LogP contribution in [0.25, 0.3) is 0 Å². The Hall–Kier alpha value is -2.70. The van der Waals surface area contributed by atoms with Crippen molar-refractivity contribution in [1.82, 2.24) is 9.80 Å². The molecule has 3 rings (SSSR count). The Morgan fingerprint density at radius 1 is 1.19 bits per heavy atom. The van der Waals surface area contributed by atoms with Gasteiger partial charge in [-0.1, -0.05) is 25.1 Å². The first kappa shape index (κ1) is 18.1. The van der Waals surface area contributed by atoms with Gasteiger partial charge in [-0.15, -0.1) is 0 Å². The first-order valence-electron chi connectivity index (χ1n) is 8.87. The normalized spacial score (nSPS) is 23.0. The summed E-state index contributed by atoms with van der Waals surface area (Å²) in [6, 6.07) is 8.01. The van der Waals surface area contributed by atoms with Crippen molar-refractivity contribution < 1.29 is 19.2 Å². The molecule has 2 saturated heterocycles. The molecule has 7 heteroatoms. The lowest BCUT2D eigenvalue weighted by atomic mass is 10.0. The zero-order valence-corrected chi connectivity index (χ0v) is 14.8. The molecule has 3 unspecified atom stereocenters. The van der Waals surface area contributed by atoms with Crippen molar-refractivity contribution >= 4 is 23.5 Å². The summed E-state index contributed by atoms with van der Waals surface area (Å²) in [6.45, 7) is 2.16. The number of hydrogen-bond acceptors (Lipinski definition) is 4. The maximum absolute atomic E-state index is 12.7. The summed E-state index contributed by atoms with van der Waals surface area (Å²) in [5, 5.41) is 0. The molecule has 0 radical (unpaired) electrons. The van der Waals surface area contributed by atoms with Gasteiger partial charge in [-0.2, -0.15) is 0 Å². The molecule has 0 bridgehead atoms. The van der Waals surface area contributed by atoms with Crippen LogP contribution in [0.3, 0.4) is 0 Å². The monoisotopic (exact) mass is 357 g/mol. The minimum Gasteiger partial charge on any atom is -0.369 e. The van der Waals surface area contributed by atoms with Crippen molar-refractivity contribution in [2.24, 2.45) is 11.7 Å². The van der Waals surface area contributed by atoms with E-state index >= 15 is 0 Å². The van der Waals surface area contributed by atoms with Gasteiger partial charge in [0.05, 0.1) is 12.6 Å². The third-order valence-electron chi connectivity index (χ3n) is 5.30. The van der Waals surface area contributed by atoms with E-state index in [1.807, 2.05) is 6.07 Å². The van der Waals surface area contributed by atoms with Crippen LogP contribution in [0.4, 0.5) is 0 Å². The van der Waals surface area contributed by atoms with Gasteiger partial charge < -0.3 is 15.5 Å². The lowest BCUT2D eigenvalue weighted by Gasteiger charge is -2.24. The minimum atomic E-state index is -0.570. The van der Waals surface area contributed by atoms with Crippen molar-refractivity contribution in [3.63, 3.8) is 0 Å². The fraction of sp³-hybridized carbons (Fsp3) is 0.474. The van der Waals surface area contributed by atoms with Crippen LogP contribution >= 0.6 is 0 Å². The molecule has 1 aromatic rings. The highest BCUT2D eigenvalue weighted by molar-refractivity contribution is 6.02. The summed E-state index contributed by atoms with van der Waals surface area (Å²) in [4.78, 5) is 52.0. The summed E-state index contributed by atoms with van der Waals surface area (Å²) in [5.74, 6) is -1.26. The number of Topliss-reactive ketones (excluding diaryl/α,β-unsaturated/α-hetero) is 1. The Labute approximate surface area is 152 Å². The number of fused-ring (bicyclic) bond motifs is 1. The largest absolute Gasteiger partial charge is 0.369 e. The highest BCUT2D eigenvalue weighted by atomic mass is 16.2. The van der Waals surface area contributed by atoms with Gasteiger partial charge in [0.2, 0.25) is 11.8 Å². The first-order valence-corrected chi connectivity index (χ1v) is 8.87. The number of benzene rings is 1. The molecule has 1 aromatic carbocycles. The molecule has 26 heavy (non-hydrogen) atoms. The van der Waals surface area contributed by atoms with Crippen LogP contribution in [-0.2, 0) is 14.4 Å². The number of nitrogens with zero attached hydrogens (tertiary/aromatic N) is 2. The second-order valence-electron chi connectivity index (χ2n) is 7.00. The molecule has 0 saturated carbocycles. The van der Waals surface area contributed by atoms with E-state index in [2.05, 4.69) is 0 Å². The van der Waals surface area contributed by atoms with E-state index in [0.29, 0.717) is 24.9 Å². The second-order valence-corrected chi connectivity index (χ2v) is 7.00. The van der Waals surface area contributed by atoms with E-state index in [9.17, 15) is 19.2 Å². The highest BCUT2D eigenvalue weighted by Gasteiger charge is 2.51. The van der Waals surface area contributed by atoms with Crippen molar-refractivity contribution in [1.29, 1.82) is 0 Å². The fourth-order valence-corrected chi connectivity index (χ4v) is 3.74. The van der Waals surface area contributed by atoms with Gasteiger partial charge in [0.25, 0.3) is 5.91 Å². The minimum absolute atomic E-state index is 0.0323. The van der Waals surface area contributed by atoms with E-state index in [4.69, 9.17) is 5.73 Å². The average Bonchev–Trinajstić information content (AvgIpc) is 3.21. The zero-order valence-electron chi connectivity index (χ0n) is 14.8. The van der Waals surface area contributed by atoms with Crippen LogP contribution in [-0.4, -0.2) is 58.5 Å². The Balaban J connectivity index is 1.68. The van der Waals surface area contributed by atoms with Gasteiger partial charge in [-0.25, -0.2) is 0 Å². The van der Waals surface area contributed by atoms with E-state index in [1.165, 1.54) is 0 Å². The number of rotatable bonds is 5. The first-order chi connectivity index (χ1) is 12.4. The highest BCUT2D eigenvalue weighted by Crippen LogP contribution is 2.31. The SMILES string of the molecule is CC(CCC(=O)N1CCC2C1C(=O)CN2C(=O)c1ccccc1)C(N)=O. The molecule has 2 heterocycles. The van der Waals surface area contributed by atoms with Gasteiger partial charge >= 0.3 is 0 Å². The van der Waals surface area contributed by atoms with E-state index in [-0.39, 0.29) is 42.5 Å². The molecule has 0 aliphatic carbocycles. The number of carbonyl (C=O) groups is 4. The second kappa shape index (κ2) is 7.27. The number of likely N-dealkylation sites (tertiary alicyclic amines) is 2. The van der Waals surface area contributed by atoms with Gasteiger partial charge in [0.15, 0.2) is 5.78 Å². The molecular weight excluding hydrogens is 334 g/mol. The quantitative estimate of drug-likeness (QED) is 0.833. The molecule has 2 N–H and O–H groups in total. The molecule has 0 spiro atoms. The average molecular weight is 357 g/mol. The van der Waals surface area contributed by atoms with Gasteiger partial charge in [0, 0.05) is 24.4 Å². The van der Waals surface area contributed by atoms with Crippen molar-refractivity contribution in [2.45, 2.75) is 38.3 Å². The predicted octanol–water partition coefficient (Wildman–Crippen LogP) is 0.583. The van der Waals surface area contributed by atoms with Crippen LogP contribution < -0.4 is 5.73 Å². The van der Waals surface area contributed by atoms with Crippen molar-refractivity contribution in [3.8, 4) is 0 Å². The zero-order chi connectivity index (χ0) is 18.8. The molecule has 7 nitrogen and oxygen atoms in total. The number of nitrogens with two attached hydrogens (primary N) is 1. The number of amides is 3. The fourth-order valence-electron chi connectivity index (χ4n) is 3.74. The van der Waals surface area contributed by atoms with E-state index < -0.39 is 11.9 Å². The number of ketones is 1. The lowest BCUT2D eigenvalue weighted by molar-refractivity contribution is -0.136. The number of carbonyl (C=O) groups excluding carboxylic acids is 4. The Kier molecular flexibility index (Phi) is 5.06. The summed E-state index contributed by atoms with van der Waals surface area (Å²) in [7, 11) is 0. The van der Waals surface area contributed by atoms with Crippen LogP contribution in [0.2, 0.25) is 0 Å². The van der Waals surface area contributed by atoms with Crippen LogP contribution in [0.5, 0.6) is 0 Å². The standard InChI is InChI=1S/C19H23N3O4/c1-12(18(20)25)7-8-16(24)21-10-9-14-17(21)15(23)11-22(14)19(26)13-5-3-2-4-6-13/h2-6,12,14,17H,7-11H2,1H3,(H2,20,25). The molecular formula is C19H23N3O4. The van der Waals surface area contributed by atoms with Crippen LogP contribution in [0.15, 0.2) is 30.3 Å². The van der Waals surface area contributed by atoms with E-state index in [1.54, 1.807) is 41.0 Å². The van der Waals surface area contributed by atoms with Crippen molar-refractivity contribution in [2.75, 3.05) is 13.1 Å². The summed E-state index contributed by atoms with van der Waals surface area (Å²) >= 11 is 0. The molecule has 138 valence electrons. The Morgan fingerprint density at radius 2 is 1.88 bits per heavy atom. The molecule has 2 fully saturated rings. The molecule has 2 aliphatic rings. The topological polar surface area (TPSA) is 101 Å². The molecule has 3 atom stereocenters. The molecule has 2 aliphatic heterocycles. The smallest absolute Gasteiger partial charge is 0.254 e. The van der Waals surface area contributed by atoms with Gasteiger partial charge in [0.1, 0.15) is 6.04 Å². The molecule has 3 amide bonds. The maximum atomic E-state index is 12.7. The van der Waals surface area contributed by atoms with Gasteiger partial charge in [-0.05, 0) is 25.0 Å². The number of hydrogen-bond donors (Lipinski definition) is 1. The summed E-state index contributed by atoms with van der Waals surface area (Å²) in [5.41, 5.74) is 5.77. The van der Waals surface area contributed by atoms with Crippen LogP contribution in [0.1, 0.15) is 36.5 Å². The Bertz CT molecular complexity index is 734. The van der Waals surface area contributed by atoms with Gasteiger partial charge in [-0.3, -0.25) is 19.2 Å². The predicted molar refractivity (Wildman–Crippen MR) is 94.0 cm³/mol. The van der Waals surface area contributed by atoms with Crippen molar-refractivity contribution in [3.05, 3.63) is 35.9 Å². The molecule has 0 aromatic heterocycles. The maximum Gasteiger partial charge on any atom is 0.254 e. The van der Waals surface area contributed by atoms with E-state index in [0.717, 1.165) is 0 Å². The third kappa shape index (κ3) is 3.34. The third-order valence-corrected chi connectivity index (χ3v) is 5.30. The summed E-state index contributed by atoms with van der Waals surface area (Å²) < 4.78 is 0. The summed E-state index contributed by atoms with van der Waals surface area (Å²) in [6.07, 6.45) is 1.13. The Morgan fingerprint density at radius 3 is 2.54 bits per heavy atom.